The molecule has 1 aliphatic heterocycles. The first-order chi connectivity index (χ1) is 25.7. The molecule has 0 radical (unpaired) electrons. The van der Waals surface area contributed by atoms with Crippen molar-refractivity contribution < 1.29 is 47.3 Å². The van der Waals surface area contributed by atoms with Gasteiger partial charge in [-0.3, -0.25) is 28.9 Å². The highest BCUT2D eigenvalue weighted by molar-refractivity contribution is 6.74. The van der Waals surface area contributed by atoms with Crippen LogP contribution in [0.5, 0.6) is 0 Å². The van der Waals surface area contributed by atoms with Gasteiger partial charge in [0.05, 0.1) is 35.4 Å². The molecular weight excluding hydrogens is 733 g/mol. The van der Waals surface area contributed by atoms with Crippen LogP contribution < -0.4 is 5.32 Å². The van der Waals surface area contributed by atoms with E-state index in [2.05, 4.69) is 39.2 Å². The van der Waals surface area contributed by atoms with E-state index < -0.39 is 78.8 Å². The standard InChI is InChI=1S/C43H64N2O10Si/c1-40(2,3)37(48)52-25-30-32(54-38(49)41(4,5)6)26-51-36(34(30)55-39(50)42(7,8)9)45(27-46)33(28-20-16-15-17-21-28)35(47)44-31-23-19-18-22-29(31)24-53-56(13,14)43(10,11)12/h15-23,27,30,32-34,36H,24-26H2,1-14H3,(H,44,47)/t30-,32-,33+,34+,36+/m1/s1. The number of benzene rings is 2. The number of para-hydroxylation sites is 1. The molecule has 1 aliphatic rings. The van der Waals surface area contributed by atoms with Gasteiger partial charge in [-0.05, 0) is 97.6 Å². The van der Waals surface area contributed by atoms with Crippen LogP contribution >= 0.6 is 0 Å². The van der Waals surface area contributed by atoms with Crippen molar-refractivity contribution in [1.29, 1.82) is 0 Å². The molecule has 2 aromatic carbocycles. The first-order valence-corrected chi connectivity index (χ1v) is 22.1. The zero-order chi connectivity index (χ0) is 42.4. The number of rotatable bonds is 13. The number of nitrogens with one attached hydrogen (secondary N) is 1. The summed E-state index contributed by atoms with van der Waals surface area (Å²) in [4.78, 5) is 69.2. The summed E-state index contributed by atoms with van der Waals surface area (Å²) < 4.78 is 30.7. The second-order valence-electron chi connectivity index (χ2n) is 19.1. The van der Waals surface area contributed by atoms with E-state index >= 15 is 0 Å². The largest absolute Gasteiger partial charge is 0.465 e. The van der Waals surface area contributed by atoms with E-state index in [-0.39, 0.29) is 24.9 Å². The molecule has 13 heteroatoms. The number of hydrogen-bond acceptors (Lipinski definition) is 10. The summed E-state index contributed by atoms with van der Waals surface area (Å²) in [5.74, 6) is -3.29. The van der Waals surface area contributed by atoms with Gasteiger partial charge >= 0.3 is 17.9 Å². The Hall–Kier alpha value is -4.07. The highest BCUT2D eigenvalue weighted by Crippen LogP contribution is 2.39. The quantitative estimate of drug-likeness (QED) is 0.0921. The summed E-state index contributed by atoms with van der Waals surface area (Å²) >= 11 is 0. The van der Waals surface area contributed by atoms with Crippen molar-refractivity contribution in [3.05, 3.63) is 65.7 Å². The van der Waals surface area contributed by atoms with Crippen LogP contribution in [0.25, 0.3) is 0 Å². The molecule has 1 N–H and O–H groups in total. The predicted molar refractivity (Wildman–Crippen MR) is 216 cm³/mol. The fraction of sp³-hybridized carbons (Fsp3) is 0.605. The minimum Gasteiger partial charge on any atom is -0.465 e. The maximum Gasteiger partial charge on any atom is 0.311 e. The van der Waals surface area contributed by atoms with Crippen LogP contribution in [-0.4, -0.2) is 75.1 Å². The smallest absolute Gasteiger partial charge is 0.311 e. The van der Waals surface area contributed by atoms with Crippen LogP contribution in [0.2, 0.25) is 18.1 Å². The number of hydrogen-bond donors (Lipinski definition) is 1. The van der Waals surface area contributed by atoms with Crippen molar-refractivity contribution in [1.82, 2.24) is 4.90 Å². The summed E-state index contributed by atoms with van der Waals surface area (Å²) in [6.45, 7) is 25.6. The Morgan fingerprint density at radius 3 is 1.88 bits per heavy atom. The van der Waals surface area contributed by atoms with E-state index in [0.29, 0.717) is 17.7 Å². The van der Waals surface area contributed by atoms with Crippen molar-refractivity contribution in [2.24, 2.45) is 22.2 Å². The van der Waals surface area contributed by atoms with Crippen LogP contribution in [0.4, 0.5) is 5.69 Å². The van der Waals surface area contributed by atoms with Crippen molar-refractivity contribution in [3.8, 4) is 0 Å². The highest BCUT2D eigenvalue weighted by atomic mass is 28.4. The Kier molecular flexibility index (Phi) is 14.9. The number of carbonyl (C=O) groups is 5. The molecule has 56 heavy (non-hydrogen) atoms. The Balaban J connectivity index is 2.14. The first-order valence-electron chi connectivity index (χ1n) is 19.2. The van der Waals surface area contributed by atoms with E-state index in [1.807, 2.05) is 12.1 Å². The Labute approximate surface area is 334 Å². The minimum absolute atomic E-state index is 0.0337. The molecule has 310 valence electrons. The van der Waals surface area contributed by atoms with Gasteiger partial charge in [-0.15, -0.1) is 0 Å². The van der Waals surface area contributed by atoms with Crippen LogP contribution in [0, 0.1) is 22.2 Å². The van der Waals surface area contributed by atoms with Crippen molar-refractivity contribution in [2.45, 2.75) is 132 Å². The number of amides is 2. The molecule has 12 nitrogen and oxygen atoms in total. The van der Waals surface area contributed by atoms with Crippen molar-refractivity contribution in [2.75, 3.05) is 18.5 Å². The maximum atomic E-state index is 14.6. The van der Waals surface area contributed by atoms with E-state index in [1.165, 1.54) is 4.90 Å². The molecular formula is C43H64N2O10Si. The average molecular weight is 797 g/mol. The van der Waals surface area contributed by atoms with Gasteiger partial charge in [-0.25, -0.2) is 0 Å². The molecule has 0 unspecified atom stereocenters. The van der Waals surface area contributed by atoms with Gasteiger partial charge in [0.1, 0.15) is 18.8 Å². The molecule has 3 rings (SSSR count). The molecule has 0 aliphatic carbocycles. The van der Waals surface area contributed by atoms with E-state index in [9.17, 15) is 24.0 Å². The number of carbonyl (C=O) groups excluding carboxylic acids is 5. The van der Waals surface area contributed by atoms with Crippen molar-refractivity contribution in [3.63, 3.8) is 0 Å². The van der Waals surface area contributed by atoms with Gasteiger partial charge in [0.2, 0.25) is 6.41 Å². The van der Waals surface area contributed by atoms with Gasteiger partial charge < -0.3 is 28.7 Å². The topological polar surface area (TPSA) is 147 Å². The fourth-order valence-corrected chi connectivity index (χ4v) is 6.32. The summed E-state index contributed by atoms with van der Waals surface area (Å²) in [6, 6.07) is 14.7. The molecule has 0 spiro atoms. The van der Waals surface area contributed by atoms with Gasteiger partial charge in [-0.1, -0.05) is 69.3 Å². The zero-order valence-corrected chi connectivity index (χ0v) is 36.8. The van der Waals surface area contributed by atoms with Crippen molar-refractivity contribution >= 4 is 44.2 Å². The molecule has 0 saturated carbocycles. The maximum absolute atomic E-state index is 14.6. The monoisotopic (exact) mass is 796 g/mol. The summed E-state index contributed by atoms with van der Waals surface area (Å²) in [7, 11) is -2.15. The molecule has 2 aromatic rings. The van der Waals surface area contributed by atoms with Gasteiger partial charge in [0.15, 0.2) is 20.6 Å². The average Bonchev–Trinajstić information content (AvgIpc) is 3.08. The summed E-state index contributed by atoms with van der Waals surface area (Å²) in [5, 5.41) is 3.00. The Bertz CT molecular complexity index is 1680. The van der Waals surface area contributed by atoms with E-state index in [4.69, 9.17) is 23.4 Å². The van der Waals surface area contributed by atoms with Crippen LogP contribution in [-0.2, 0) is 54.0 Å². The van der Waals surface area contributed by atoms with E-state index in [1.54, 1.807) is 105 Å². The van der Waals surface area contributed by atoms with Crippen LogP contribution in [0.15, 0.2) is 54.6 Å². The molecule has 0 aromatic heterocycles. The number of nitrogens with zero attached hydrogens (tertiary/aromatic N) is 1. The summed E-state index contributed by atoms with van der Waals surface area (Å²) in [5.41, 5.74) is -1.08. The van der Waals surface area contributed by atoms with Gasteiger partial charge in [0.25, 0.3) is 5.91 Å². The van der Waals surface area contributed by atoms with Crippen LogP contribution in [0.1, 0.15) is 100 Å². The Morgan fingerprint density at radius 1 is 0.804 bits per heavy atom. The third-order valence-electron chi connectivity index (χ3n) is 10.1. The number of ether oxygens (including phenoxy) is 4. The third kappa shape index (κ3) is 12.0. The molecule has 1 heterocycles. The molecule has 1 saturated heterocycles. The van der Waals surface area contributed by atoms with E-state index in [0.717, 1.165) is 5.56 Å². The second-order valence-corrected chi connectivity index (χ2v) is 23.9. The molecule has 2 amide bonds. The minimum atomic E-state index is -2.15. The Morgan fingerprint density at radius 2 is 1.34 bits per heavy atom. The lowest BCUT2D eigenvalue weighted by molar-refractivity contribution is -0.241. The second kappa shape index (κ2) is 18.0. The highest BCUT2D eigenvalue weighted by Gasteiger charge is 2.51. The third-order valence-corrected chi connectivity index (χ3v) is 14.6. The molecule has 5 atom stereocenters. The lowest BCUT2D eigenvalue weighted by Crippen LogP contribution is -2.61. The molecule has 1 fully saturated rings. The lowest BCUT2D eigenvalue weighted by Gasteiger charge is -2.46. The molecule has 0 bridgehead atoms. The predicted octanol–water partition coefficient (Wildman–Crippen LogP) is 7.82. The summed E-state index contributed by atoms with van der Waals surface area (Å²) in [6.07, 6.45) is -3.30. The number of esters is 3. The van der Waals surface area contributed by atoms with Crippen LogP contribution in [0.3, 0.4) is 0 Å². The first kappa shape index (κ1) is 46.3. The zero-order valence-electron chi connectivity index (χ0n) is 35.8. The lowest BCUT2D eigenvalue weighted by atomic mass is 9.89. The van der Waals surface area contributed by atoms with Gasteiger partial charge in [0, 0.05) is 5.69 Å². The SMILES string of the molecule is CC(C)(C)C(=O)OC[C@H]1[C@H](OC(=O)C(C)(C)C)[C@@H](N(C=O)[C@H](C(=O)Nc2ccccc2CO[Si](C)(C)C(C)(C)C)c2ccccc2)OC[C@H]1OC(=O)C(C)(C)C. The normalized spacial score (nSPS) is 20.0. The number of anilines is 1. The van der Waals surface area contributed by atoms with Gasteiger partial charge in [-0.2, -0.15) is 0 Å². The fourth-order valence-electron chi connectivity index (χ4n) is 5.37.